The lowest BCUT2D eigenvalue weighted by Crippen LogP contribution is -2.41. The van der Waals surface area contributed by atoms with E-state index in [2.05, 4.69) is 47.6 Å². The first-order chi connectivity index (χ1) is 15.0. The van der Waals surface area contributed by atoms with Gasteiger partial charge in [0.2, 0.25) is 5.91 Å². The van der Waals surface area contributed by atoms with Crippen molar-refractivity contribution in [3.63, 3.8) is 0 Å². The van der Waals surface area contributed by atoms with E-state index >= 15 is 0 Å². The number of aliphatic carboxylic acids is 1. The van der Waals surface area contributed by atoms with E-state index in [-0.39, 0.29) is 5.91 Å². The molecule has 1 atom stereocenters. The van der Waals surface area contributed by atoms with E-state index in [1.54, 1.807) is 0 Å². The molecular formula is C22H29F3N4O3. The Hall–Kier alpha value is -2.88. The minimum Gasteiger partial charge on any atom is -0.475 e. The van der Waals surface area contributed by atoms with E-state index in [4.69, 9.17) is 9.90 Å². The van der Waals surface area contributed by atoms with Gasteiger partial charge >= 0.3 is 12.1 Å². The summed E-state index contributed by atoms with van der Waals surface area (Å²) in [6.07, 6.45) is 1.12. The third kappa shape index (κ3) is 7.37. The summed E-state index contributed by atoms with van der Waals surface area (Å²) in [6.45, 7) is 4.57. The van der Waals surface area contributed by atoms with Crippen LogP contribution in [0.2, 0.25) is 0 Å². The quantitative estimate of drug-likeness (QED) is 0.725. The first-order valence-electron chi connectivity index (χ1n) is 10.3. The normalized spacial score (nSPS) is 15.7. The van der Waals surface area contributed by atoms with Gasteiger partial charge in [-0.15, -0.1) is 0 Å². The van der Waals surface area contributed by atoms with Crippen LogP contribution in [0.4, 0.5) is 13.2 Å². The highest BCUT2D eigenvalue weighted by Gasteiger charge is 2.38. The minimum atomic E-state index is -5.08. The van der Waals surface area contributed by atoms with Gasteiger partial charge in [0, 0.05) is 19.2 Å². The van der Waals surface area contributed by atoms with E-state index in [0.29, 0.717) is 19.0 Å². The smallest absolute Gasteiger partial charge is 0.475 e. The summed E-state index contributed by atoms with van der Waals surface area (Å²) < 4.78 is 34.0. The Morgan fingerprint density at radius 3 is 2.50 bits per heavy atom. The molecule has 32 heavy (non-hydrogen) atoms. The number of carboxylic acid groups (broad SMARTS) is 1. The van der Waals surface area contributed by atoms with Crippen molar-refractivity contribution in [2.24, 2.45) is 0 Å². The van der Waals surface area contributed by atoms with Crippen LogP contribution in [0.25, 0.3) is 0 Å². The number of rotatable bonds is 6. The highest BCUT2D eigenvalue weighted by molar-refractivity contribution is 5.76. The number of hydrogen-bond acceptors (Lipinski definition) is 4. The zero-order valence-electron chi connectivity index (χ0n) is 18.5. The lowest BCUT2D eigenvalue weighted by Gasteiger charge is -2.35. The molecule has 0 fully saturated rings. The van der Waals surface area contributed by atoms with Crippen molar-refractivity contribution >= 4 is 11.9 Å². The van der Waals surface area contributed by atoms with E-state index in [1.165, 1.54) is 11.1 Å². The number of amides is 1. The number of nitrogens with zero attached hydrogens (tertiary/aromatic N) is 4. The topological polar surface area (TPSA) is 78.7 Å². The number of carbonyl (C=O) groups excluding carboxylic acids is 1. The van der Waals surface area contributed by atoms with Gasteiger partial charge in [-0.1, -0.05) is 24.3 Å². The van der Waals surface area contributed by atoms with Crippen molar-refractivity contribution in [3.05, 3.63) is 53.6 Å². The second kappa shape index (κ2) is 11.1. The summed E-state index contributed by atoms with van der Waals surface area (Å²) in [5, 5.41) is 7.12. The predicted molar refractivity (Wildman–Crippen MR) is 113 cm³/mol. The van der Waals surface area contributed by atoms with Crippen LogP contribution in [0.15, 0.2) is 36.8 Å². The maximum absolute atomic E-state index is 12.8. The second-order valence-corrected chi connectivity index (χ2v) is 8.04. The zero-order valence-corrected chi connectivity index (χ0v) is 18.5. The number of alkyl halides is 3. The monoisotopic (exact) mass is 454 g/mol. The molecule has 1 amide bonds. The van der Waals surface area contributed by atoms with Gasteiger partial charge in [0.1, 0.15) is 0 Å². The average molecular weight is 454 g/mol. The standard InChI is InChI=1S/C20H28N4O.C2HF3O2/c1-16-6-4-5-7-17(16)8-9-20(25)23-13-18(10-11-22(2)3)24-15-21-12-19(24)14-23;3-2(4,5)1(6)7/h4-7,12,15,18H,8-11,13-14H2,1-3H3;(H,6,7). The van der Waals surface area contributed by atoms with Crippen molar-refractivity contribution in [1.82, 2.24) is 19.4 Å². The van der Waals surface area contributed by atoms with Gasteiger partial charge in [0.25, 0.3) is 0 Å². The molecule has 0 aliphatic carbocycles. The van der Waals surface area contributed by atoms with Crippen LogP contribution in [0.1, 0.15) is 35.7 Å². The van der Waals surface area contributed by atoms with E-state index in [0.717, 1.165) is 31.6 Å². The maximum Gasteiger partial charge on any atom is 0.490 e. The Morgan fingerprint density at radius 2 is 1.91 bits per heavy atom. The molecule has 0 radical (unpaired) electrons. The van der Waals surface area contributed by atoms with Crippen molar-refractivity contribution in [3.8, 4) is 0 Å². The number of aryl methyl sites for hydroxylation is 2. The summed E-state index contributed by atoms with van der Waals surface area (Å²) in [5.74, 6) is -2.52. The number of carboxylic acids is 1. The number of imidazole rings is 1. The molecule has 0 saturated carbocycles. The Kier molecular flexibility index (Phi) is 8.82. The zero-order chi connectivity index (χ0) is 23.9. The molecule has 1 aromatic heterocycles. The number of carbonyl (C=O) groups is 2. The molecule has 2 aromatic rings. The number of hydrogen-bond donors (Lipinski definition) is 1. The Bertz CT molecular complexity index is 912. The number of halogens is 3. The second-order valence-electron chi connectivity index (χ2n) is 8.04. The van der Waals surface area contributed by atoms with Crippen LogP contribution in [-0.4, -0.2) is 69.7 Å². The molecule has 3 rings (SSSR count). The summed E-state index contributed by atoms with van der Waals surface area (Å²) >= 11 is 0. The third-order valence-electron chi connectivity index (χ3n) is 5.30. The molecule has 2 heterocycles. The molecule has 1 N–H and O–H groups in total. The number of fused-ring (bicyclic) bond motifs is 1. The van der Waals surface area contributed by atoms with Gasteiger partial charge in [0.15, 0.2) is 0 Å². The first kappa shape index (κ1) is 25.4. The minimum absolute atomic E-state index is 0.241. The van der Waals surface area contributed by atoms with Gasteiger partial charge in [-0.2, -0.15) is 13.2 Å². The molecule has 1 aliphatic rings. The molecule has 0 saturated heterocycles. The molecule has 176 valence electrons. The van der Waals surface area contributed by atoms with Crippen LogP contribution in [0, 0.1) is 6.92 Å². The van der Waals surface area contributed by atoms with Crippen molar-refractivity contribution in [2.45, 2.75) is 44.9 Å². The molecule has 0 bridgehead atoms. The maximum atomic E-state index is 12.8. The van der Waals surface area contributed by atoms with Crippen molar-refractivity contribution < 1.29 is 27.9 Å². The summed E-state index contributed by atoms with van der Waals surface area (Å²) in [6, 6.07) is 8.63. The molecule has 10 heteroatoms. The molecule has 0 spiro atoms. The van der Waals surface area contributed by atoms with E-state index in [9.17, 15) is 18.0 Å². The molecule has 1 aromatic carbocycles. The fourth-order valence-corrected chi connectivity index (χ4v) is 3.50. The highest BCUT2D eigenvalue weighted by Crippen LogP contribution is 2.24. The van der Waals surface area contributed by atoms with Crippen molar-refractivity contribution in [1.29, 1.82) is 0 Å². The fourth-order valence-electron chi connectivity index (χ4n) is 3.50. The fraction of sp³-hybridized carbons (Fsp3) is 0.500. The lowest BCUT2D eigenvalue weighted by atomic mass is 10.0. The van der Waals surface area contributed by atoms with E-state index in [1.807, 2.05) is 29.6 Å². The predicted octanol–water partition coefficient (Wildman–Crippen LogP) is 3.29. The highest BCUT2D eigenvalue weighted by atomic mass is 19.4. The lowest BCUT2D eigenvalue weighted by molar-refractivity contribution is -0.192. The molecular weight excluding hydrogens is 425 g/mol. The SMILES string of the molecule is Cc1ccccc1CCC(=O)N1Cc2cncn2C(CCN(C)C)C1.O=C(O)C(F)(F)F. The van der Waals surface area contributed by atoms with Gasteiger partial charge < -0.3 is 19.5 Å². The Morgan fingerprint density at radius 1 is 1.25 bits per heavy atom. The van der Waals surface area contributed by atoms with E-state index < -0.39 is 12.1 Å². The number of aromatic nitrogens is 2. The van der Waals surface area contributed by atoms with Crippen LogP contribution >= 0.6 is 0 Å². The van der Waals surface area contributed by atoms with Crippen LogP contribution in [0.5, 0.6) is 0 Å². The van der Waals surface area contributed by atoms with Gasteiger partial charge in [0.05, 0.1) is 24.6 Å². The average Bonchev–Trinajstić information content (AvgIpc) is 3.19. The molecule has 7 nitrogen and oxygen atoms in total. The molecule has 1 aliphatic heterocycles. The van der Waals surface area contributed by atoms with Gasteiger partial charge in [-0.05, 0) is 51.5 Å². The van der Waals surface area contributed by atoms with Gasteiger partial charge in [-0.25, -0.2) is 9.78 Å². The van der Waals surface area contributed by atoms with Crippen LogP contribution in [0.3, 0.4) is 0 Å². The van der Waals surface area contributed by atoms with Crippen LogP contribution < -0.4 is 0 Å². The van der Waals surface area contributed by atoms with Crippen LogP contribution in [-0.2, 0) is 22.6 Å². The summed E-state index contributed by atoms with van der Waals surface area (Å²) in [7, 11) is 4.17. The number of benzene rings is 1. The Labute approximate surface area is 185 Å². The summed E-state index contributed by atoms with van der Waals surface area (Å²) in [5.41, 5.74) is 3.66. The first-order valence-corrected chi connectivity index (χ1v) is 10.3. The van der Waals surface area contributed by atoms with Crippen molar-refractivity contribution in [2.75, 3.05) is 27.2 Å². The summed E-state index contributed by atoms with van der Waals surface area (Å²) in [4.78, 5) is 30.2. The largest absolute Gasteiger partial charge is 0.490 e. The Balaban J connectivity index is 0.000000451. The third-order valence-corrected chi connectivity index (χ3v) is 5.30. The molecule has 1 unspecified atom stereocenters. The van der Waals surface area contributed by atoms with Gasteiger partial charge in [-0.3, -0.25) is 4.79 Å².